The molecule has 3 N–H and O–H groups in total. The summed E-state index contributed by atoms with van der Waals surface area (Å²) in [5.41, 5.74) is 7.04. The fourth-order valence-electron chi connectivity index (χ4n) is 1.99. The van der Waals surface area contributed by atoms with Crippen LogP contribution in [0.25, 0.3) is 10.9 Å². The van der Waals surface area contributed by atoms with Crippen molar-refractivity contribution < 1.29 is 17.9 Å². The molecule has 7 heteroatoms. The summed E-state index contributed by atoms with van der Waals surface area (Å²) in [5.74, 6) is -0.559. The van der Waals surface area contributed by atoms with Gasteiger partial charge in [0.1, 0.15) is 6.04 Å². The Balaban J connectivity index is 2.59. The number of rotatable bonds is 4. The summed E-state index contributed by atoms with van der Waals surface area (Å²) >= 11 is 0. The molecule has 1 aromatic heterocycles. The van der Waals surface area contributed by atoms with Gasteiger partial charge in [0.2, 0.25) is 0 Å². The number of aromatic nitrogens is 1. The summed E-state index contributed by atoms with van der Waals surface area (Å²) in [6.45, 7) is 1.58. The van der Waals surface area contributed by atoms with E-state index in [1.807, 2.05) is 0 Å². The van der Waals surface area contributed by atoms with Gasteiger partial charge in [0, 0.05) is 22.7 Å². The number of fused-ring (bicyclic) bond motifs is 1. The Morgan fingerprint density at radius 1 is 1.45 bits per heavy atom. The van der Waals surface area contributed by atoms with E-state index in [2.05, 4.69) is 9.72 Å². The zero-order valence-corrected chi connectivity index (χ0v) is 12.0. The van der Waals surface area contributed by atoms with Crippen LogP contribution in [0.1, 0.15) is 18.5 Å². The van der Waals surface area contributed by atoms with Gasteiger partial charge in [-0.1, -0.05) is 6.92 Å². The second-order valence-electron chi connectivity index (χ2n) is 4.36. The van der Waals surface area contributed by atoms with E-state index < -0.39 is 21.8 Å². The van der Waals surface area contributed by atoms with Crippen molar-refractivity contribution in [3.63, 3.8) is 0 Å². The summed E-state index contributed by atoms with van der Waals surface area (Å²) in [6.07, 6.45) is 1.59. The minimum absolute atomic E-state index is 0.0152. The number of hydrogen-bond acceptors (Lipinski definition) is 5. The van der Waals surface area contributed by atoms with Crippen LogP contribution in [-0.4, -0.2) is 32.2 Å². The quantitative estimate of drug-likeness (QED) is 0.823. The number of carbonyl (C=O) groups is 1. The molecule has 1 heterocycles. The van der Waals surface area contributed by atoms with Crippen LogP contribution >= 0.6 is 0 Å². The maximum atomic E-state index is 11.9. The third-order valence-corrected chi connectivity index (χ3v) is 4.95. The molecular weight excluding hydrogens is 280 g/mol. The number of aromatic amines is 1. The number of esters is 1. The molecular formula is C13H16N2O4S. The SMILES string of the molecule is CCS(=O)(=O)c1ccc2[nH]cc(C(N)C(=O)OC)c2c1. The highest BCUT2D eigenvalue weighted by Gasteiger charge is 2.21. The number of ether oxygens (including phenoxy) is 1. The molecule has 0 aliphatic carbocycles. The van der Waals surface area contributed by atoms with Gasteiger partial charge in [0.05, 0.1) is 17.8 Å². The molecule has 1 unspecified atom stereocenters. The third-order valence-electron chi connectivity index (χ3n) is 3.21. The average Bonchev–Trinajstić information content (AvgIpc) is 2.88. The van der Waals surface area contributed by atoms with Gasteiger partial charge in [-0.15, -0.1) is 0 Å². The van der Waals surface area contributed by atoms with E-state index in [1.54, 1.807) is 19.2 Å². The monoisotopic (exact) mass is 296 g/mol. The van der Waals surface area contributed by atoms with Crippen LogP contribution in [0.4, 0.5) is 0 Å². The van der Waals surface area contributed by atoms with Crippen LogP contribution in [0.5, 0.6) is 0 Å². The maximum absolute atomic E-state index is 11.9. The van der Waals surface area contributed by atoms with Crippen LogP contribution in [0.3, 0.4) is 0 Å². The minimum Gasteiger partial charge on any atom is -0.468 e. The summed E-state index contributed by atoms with van der Waals surface area (Å²) in [7, 11) is -2.05. The summed E-state index contributed by atoms with van der Waals surface area (Å²) in [4.78, 5) is 14.7. The molecule has 0 spiro atoms. The lowest BCUT2D eigenvalue weighted by Crippen LogP contribution is -2.22. The number of nitrogens with one attached hydrogen (secondary N) is 1. The number of sulfone groups is 1. The van der Waals surface area contributed by atoms with Gasteiger partial charge in [-0.2, -0.15) is 0 Å². The number of benzene rings is 1. The summed E-state index contributed by atoms with van der Waals surface area (Å²) < 4.78 is 28.4. The van der Waals surface area contributed by atoms with Gasteiger partial charge in [-0.25, -0.2) is 8.42 Å². The Morgan fingerprint density at radius 3 is 2.75 bits per heavy atom. The van der Waals surface area contributed by atoms with Gasteiger partial charge in [-0.05, 0) is 18.2 Å². The number of H-pyrrole nitrogens is 1. The fraction of sp³-hybridized carbons (Fsp3) is 0.308. The standard InChI is InChI=1S/C13H16N2O4S/c1-3-20(17,18)8-4-5-11-9(6-8)10(7-15-11)12(14)13(16)19-2/h4-7,12,15H,3,14H2,1-2H3. The van der Waals surface area contributed by atoms with Crippen molar-refractivity contribution in [3.05, 3.63) is 30.0 Å². The van der Waals surface area contributed by atoms with Crippen LogP contribution in [0.15, 0.2) is 29.3 Å². The predicted octanol–water partition coefficient (Wildman–Crippen LogP) is 1.13. The van der Waals surface area contributed by atoms with Crippen molar-refractivity contribution in [3.8, 4) is 0 Å². The maximum Gasteiger partial charge on any atom is 0.327 e. The third kappa shape index (κ3) is 2.41. The first kappa shape index (κ1) is 14.5. The lowest BCUT2D eigenvalue weighted by Gasteiger charge is -2.08. The highest BCUT2D eigenvalue weighted by Crippen LogP contribution is 2.26. The molecule has 1 atom stereocenters. The molecule has 2 rings (SSSR count). The Bertz CT molecular complexity index is 749. The van der Waals surface area contributed by atoms with Gasteiger partial charge >= 0.3 is 5.97 Å². The molecule has 0 radical (unpaired) electrons. The van der Waals surface area contributed by atoms with Crippen LogP contribution < -0.4 is 5.73 Å². The van der Waals surface area contributed by atoms with E-state index >= 15 is 0 Å². The number of hydrogen-bond donors (Lipinski definition) is 2. The van der Waals surface area contributed by atoms with Gasteiger partial charge < -0.3 is 15.5 Å². The van der Waals surface area contributed by atoms with Gasteiger partial charge in [-0.3, -0.25) is 4.79 Å². The molecule has 1 aromatic carbocycles. The number of methoxy groups -OCH3 is 1. The van der Waals surface area contributed by atoms with Gasteiger partial charge in [0.15, 0.2) is 9.84 Å². The second kappa shape index (κ2) is 5.26. The topological polar surface area (TPSA) is 102 Å². The molecule has 0 fully saturated rings. The Labute approximate surface area is 116 Å². The molecule has 2 aromatic rings. The first-order chi connectivity index (χ1) is 9.40. The number of carbonyl (C=O) groups excluding carboxylic acids is 1. The second-order valence-corrected chi connectivity index (χ2v) is 6.63. The summed E-state index contributed by atoms with van der Waals surface area (Å²) in [5, 5.41) is 0.609. The van der Waals surface area contributed by atoms with E-state index in [0.29, 0.717) is 10.9 Å². The van der Waals surface area contributed by atoms with E-state index in [1.165, 1.54) is 19.2 Å². The molecule has 0 saturated carbocycles. The van der Waals surface area contributed by atoms with Crippen molar-refractivity contribution in [2.24, 2.45) is 5.73 Å². The predicted molar refractivity (Wildman–Crippen MR) is 75.0 cm³/mol. The smallest absolute Gasteiger partial charge is 0.327 e. The largest absolute Gasteiger partial charge is 0.468 e. The number of nitrogens with two attached hydrogens (primary N) is 1. The van der Waals surface area contributed by atoms with E-state index in [9.17, 15) is 13.2 Å². The minimum atomic E-state index is -3.31. The van der Waals surface area contributed by atoms with E-state index in [0.717, 1.165) is 5.52 Å². The highest BCUT2D eigenvalue weighted by molar-refractivity contribution is 7.91. The molecule has 0 saturated heterocycles. The zero-order valence-electron chi connectivity index (χ0n) is 11.2. The van der Waals surface area contributed by atoms with Crippen LogP contribution in [-0.2, 0) is 19.4 Å². The summed E-state index contributed by atoms with van der Waals surface area (Å²) in [6, 6.07) is 3.77. The lowest BCUT2D eigenvalue weighted by molar-refractivity contribution is -0.142. The lowest BCUT2D eigenvalue weighted by atomic mass is 10.1. The van der Waals surface area contributed by atoms with E-state index in [-0.39, 0.29) is 10.6 Å². The molecule has 0 aliphatic rings. The normalized spacial score (nSPS) is 13.3. The van der Waals surface area contributed by atoms with Crippen molar-refractivity contribution >= 4 is 26.7 Å². The Kier molecular flexibility index (Phi) is 3.82. The van der Waals surface area contributed by atoms with Crippen molar-refractivity contribution in [2.75, 3.05) is 12.9 Å². The first-order valence-corrected chi connectivity index (χ1v) is 7.73. The van der Waals surface area contributed by atoms with Crippen molar-refractivity contribution in [2.45, 2.75) is 17.9 Å². The first-order valence-electron chi connectivity index (χ1n) is 6.08. The molecule has 6 nitrogen and oxygen atoms in total. The van der Waals surface area contributed by atoms with Crippen molar-refractivity contribution in [1.29, 1.82) is 0 Å². The molecule has 0 aliphatic heterocycles. The van der Waals surface area contributed by atoms with E-state index in [4.69, 9.17) is 5.73 Å². The molecule has 0 bridgehead atoms. The molecule has 108 valence electrons. The molecule has 0 amide bonds. The zero-order chi connectivity index (χ0) is 14.9. The van der Waals surface area contributed by atoms with Crippen LogP contribution in [0, 0.1) is 0 Å². The van der Waals surface area contributed by atoms with Crippen molar-refractivity contribution in [1.82, 2.24) is 4.98 Å². The molecule has 20 heavy (non-hydrogen) atoms. The Morgan fingerprint density at radius 2 is 2.15 bits per heavy atom. The van der Waals surface area contributed by atoms with Crippen LogP contribution in [0.2, 0.25) is 0 Å². The fourth-order valence-corrected chi connectivity index (χ4v) is 2.90. The highest BCUT2D eigenvalue weighted by atomic mass is 32.2. The average molecular weight is 296 g/mol. The Hall–Kier alpha value is -1.86. The van der Waals surface area contributed by atoms with Gasteiger partial charge in [0.25, 0.3) is 0 Å².